The van der Waals surface area contributed by atoms with Gasteiger partial charge in [0, 0.05) is 6.07 Å². The summed E-state index contributed by atoms with van der Waals surface area (Å²) in [6, 6.07) is 7.55. The van der Waals surface area contributed by atoms with Crippen LogP contribution >= 0.6 is 22.9 Å². The normalized spacial score (nSPS) is 12.0. The third-order valence-corrected chi connectivity index (χ3v) is 4.78. The first-order valence-electron chi connectivity index (χ1n) is 7.47. The van der Waals surface area contributed by atoms with E-state index in [4.69, 9.17) is 11.6 Å². The molecule has 0 saturated heterocycles. The summed E-state index contributed by atoms with van der Waals surface area (Å²) in [5, 5.41) is 5.49. The Kier molecular flexibility index (Phi) is 5.15. The van der Waals surface area contributed by atoms with Gasteiger partial charge in [-0.2, -0.15) is 0 Å². The van der Waals surface area contributed by atoms with Gasteiger partial charge >= 0.3 is 0 Å². The van der Waals surface area contributed by atoms with Gasteiger partial charge in [0.05, 0.1) is 20.8 Å². The quantitative estimate of drug-likeness (QED) is 0.701. The number of nitrogens with one attached hydrogen (secondary N) is 2. The Morgan fingerprint density at radius 1 is 1.19 bits per heavy atom. The number of halogens is 3. The number of anilines is 1. The van der Waals surface area contributed by atoms with Crippen LogP contribution in [0.15, 0.2) is 36.4 Å². The van der Waals surface area contributed by atoms with Crippen LogP contribution in [0, 0.1) is 11.6 Å². The van der Waals surface area contributed by atoms with E-state index in [1.54, 1.807) is 24.3 Å². The van der Waals surface area contributed by atoms with Crippen molar-refractivity contribution in [1.82, 2.24) is 10.3 Å². The van der Waals surface area contributed by atoms with E-state index in [-0.39, 0.29) is 21.2 Å². The number of aromatic nitrogens is 1. The molecule has 0 fully saturated rings. The minimum absolute atomic E-state index is 0.175. The largest absolute Gasteiger partial charge is 0.340 e. The molecule has 0 spiro atoms. The number of hydrogen-bond acceptors (Lipinski definition) is 4. The van der Waals surface area contributed by atoms with Gasteiger partial charge in [0.25, 0.3) is 5.91 Å². The van der Waals surface area contributed by atoms with Crippen LogP contribution in [0.5, 0.6) is 0 Å². The van der Waals surface area contributed by atoms with Crippen molar-refractivity contribution in [3.05, 3.63) is 58.6 Å². The number of fused-ring (bicyclic) bond motifs is 1. The summed E-state index contributed by atoms with van der Waals surface area (Å²) < 4.78 is 26.9. The first-order chi connectivity index (χ1) is 12.3. The van der Waals surface area contributed by atoms with E-state index in [0.717, 1.165) is 23.5 Å². The average Bonchev–Trinajstić information content (AvgIpc) is 2.96. The van der Waals surface area contributed by atoms with Crippen LogP contribution in [0.3, 0.4) is 0 Å². The Bertz CT molecular complexity index is 970. The van der Waals surface area contributed by atoms with Gasteiger partial charge in [-0.15, -0.1) is 0 Å². The summed E-state index contributed by atoms with van der Waals surface area (Å²) in [5.74, 6) is -3.02. The average molecular weight is 396 g/mol. The Balaban J connectivity index is 1.69. The maximum absolute atomic E-state index is 13.2. The molecule has 0 bridgehead atoms. The molecule has 134 valence electrons. The highest BCUT2D eigenvalue weighted by molar-refractivity contribution is 7.22. The molecule has 1 heterocycles. The van der Waals surface area contributed by atoms with Crippen molar-refractivity contribution >= 4 is 50.1 Å². The molecule has 5 nitrogen and oxygen atoms in total. The van der Waals surface area contributed by atoms with Crippen molar-refractivity contribution in [2.75, 3.05) is 5.32 Å². The van der Waals surface area contributed by atoms with E-state index in [0.29, 0.717) is 4.70 Å². The van der Waals surface area contributed by atoms with Gasteiger partial charge in [-0.1, -0.05) is 35.1 Å². The van der Waals surface area contributed by atoms with Gasteiger partial charge in [0.2, 0.25) is 5.91 Å². The highest BCUT2D eigenvalue weighted by Gasteiger charge is 2.19. The second-order valence-corrected chi connectivity index (χ2v) is 6.86. The standard InChI is InChI=1S/C17H12ClF2N3O2S/c1-8(21-16(25)9-4-2-3-5-10(9)18)15(24)23-17-22-13-6-11(19)12(20)7-14(13)26-17/h2-8H,1H3,(H,21,25)(H,22,23,24). The zero-order valence-corrected chi connectivity index (χ0v) is 14.9. The van der Waals surface area contributed by atoms with Gasteiger partial charge in [-0.25, -0.2) is 13.8 Å². The van der Waals surface area contributed by atoms with E-state index in [1.165, 1.54) is 6.92 Å². The number of benzene rings is 2. The smallest absolute Gasteiger partial charge is 0.253 e. The van der Waals surface area contributed by atoms with Gasteiger partial charge in [-0.3, -0.25) is 9.59 Å². The lowest BCUT2D eigenvalue weighted by atomic mass is 10.2. The van der Waals surface area contributed by atoms with Gasteiger partial charge in [-0.05, 0) is 25.1 Å². The number of nitrogens with zero attached hydrogens (tertiary/aromatic N) is 1. The highest BCUT2D eigenvalue weighted by Crippen LogP contribution is 2.27. The summed E-state index contributed by atoms with van der Waals surface area (Å²) in [4.78, 5) is 28.4. The summed E-state index contributed by atoms with van der Waals surface area (Å²) >= 11 is 6.95. The molecule has 0 saturated carbocycles. The molecule has 0 radical (unpaired) electrons. The maximum atomic E-state index is 13.2. The lowest BCUT2D eigenvalue weighted by Crippen LogP contribution is -2.41. The summed E-state index contributed by atoms with van der Waals surface area (Å²) in [7, 11) is 0. The van der Waals surface area contributed by atoms with E-state index in [1.807, 2.05) is 0 Å². The summed E-state index contributed by atoms with van der Waals surface area (Å²) in [6.45, 7) is 1.50. The molecular weight excluding hydrogens is 384 g/mol. The highest BCUT2D eigenvalue weighted by atomic mass is 35.5. The number of thiazole rings is 1. The number of rotatable bonds is 4. The van der Waals surface area contributed by atoms with Crippen molar-refractivity contribution in [2.24, 2.45) is 0 Å². The van der Waals surface area contributed by atoms with Crippen LogP contribution in [0.1, 0.15) is 17.3 Å². The molecule has 26 heavy (non-hydrogen) atoms. The topological polar surface area (TPSA) is 71.1 Å². The minimum atomic E-state index is -1.01. The fraction of sp³-hybridized carbons (Fsp3) is 0.118. The van der Waals surface area contributed by atoms with Crippen molar-refractivity contribution in [1.29, 1.82) is 0 Å². The molecule has 9 heteroatoms. The SMILES string of the molecule is CC(NC(=O)c1ccccc1Cl)C(=O)Nc1nc2cc(F)c(F)cc2s1. The molecule has 2 aromatic carbocycles. The van der Waals surface area contributed by atoms with Crippen LogP contribution in [0.2, 0.25) is 5.02 Å². The zero-order chi connectivity index (χ0) is 18.8. The molecule has 0 aliphatic carbocycles. The Morgan fingerprint density at radius 2 is 1.88 bits per heavy atom. The van der Waals surface area contributed by atoms with Crippen molar-refractivity contribution in [2.45, 2.75) is 13.0 Å². The molecule has 0 aliphatic heterocycles. The van der Waals surface area contributed by atoms with Crippen molar-refractivity contribution in [3.63, 3.8) is 0 Å². The van der Waals surface area contributed by atoms with Crippen molar-refractivity contribution < 1.29 is 18.4 Å². The number of carbonyl (C=O) groups is 2. The Hall–Kier alpha value is -2.58. The first kappa shape index (κ1) is 18.2. The van der Waals surface area contributed by atoms with Gasteiger partial charge < -0.3 is 10.6 Å². The zero-order valence-electron chi connectivity index (χ0n) is 13.3. The van der Waals surface area contributed by atoms with Crippen LogP contribution in [-0.2, 0) is 4.79 Å². The number of amides is 2. The van der Waals surface area contributed by atoms with Gasteiger partial charge in [0.15, 0.2) is 16.8 Å². The second-order valence-electron chi connectivity index (χ2n) is 5.42. The Morgan fingerprint density at radius 3 is 2.62 bits per heavy atom. The summed E-state index contributed by atoms with van der Waals surface area (Å²) in [5.41, 5.74) is 0.483. The molecule has 1 unspecified atom stereocenters. The maximum Gasteiger partial charge on any atom is 0.253 e. The van der Waals surface area contributed by atoms with E-state index < -0.39 is 29.5 Å². The molecule has 2 amide bonds. The predicted molar refractivity (Wildman–Crippen MR) is 96.5 cm³/mol. The Labute approximate surface area is 156 Å². The predicted octanol–water partition coefficient (Wildman–Crippen LogP) is 3.98. The van der Waals surface area contributed by atoms with E-state index >= 15 is 0 Å². The van der Waals surface area contributed by atoms with E-state index in [9.17, 15) is 18.4 Å². The fourth-order valence-corrected chi connectivity index (χ4v) is 3.27. The molecule has 3 rings (SSSR count). The number of hydrogen-bond donors (Lipinski definition) is 2. The van der Waals surface area contributed by atoms with Crippen LogP contribution in [0.4, 0.5) is 13.9 Å². The van der Waals surface area contributed by atoms with Crippen LogP contribution in [0.25, 0.3) is 10.2 Å². The molecule has 1 aromatic heterocycles. The third-order valence-electron chi connectivity index (χ3n) is 3.52. The molecule has 3 aromatic rings. The molecule has 2 N–H and O–H groups in total. The second kappa shape index (κ2) is 7.35. The van der Waals surface area contributed by atoms with Crippen LogP contribution < -0.4 is 10.6 Å². The fourth-order valence-electron chi connectivity index (χ4n) is 2.18. The summed E-state index contributed by atoms with van der Waals surface area (Å²) in [6.07, 6.45) is 0. The van der Waals surface area contributed by atoms with Crippen molar-refractivity contribution in [3.8, 4) is 0 Å². The van der Waals surface area contributed by atoms with Gasteiger partial charge in [0.1, 0.15) is 6.04 Å². The molecule has 0 aliphatic rings. The first-order valence-corrected chi connectivity index (χ1v) is 8.66. The number of carbonyl (C=O) groups excluding carboxylic acids is 2. The van der Waals surface area contributed by atoms with Crippen LogP contribution in [-0.4, -0.2) is 22.8 Å². The van der Waals surface area contributed by atoms with E-state index in [2.05, 4.69) is 15.6 Å². The lowest BCUT2D eigenvalue weighted by Gasteiger charge is -2.13. The molecular formula is C17H12ClF2N3O2S. The monoisotopic (exact) mass is 395 g/mol. The molecule has 1 atom stereocenters. The lowest BCUT2D eigenvalue weighted by molar-refractivity contribution is -0.117. The minimum Gasteiger partial charge on any atom is -0.340 e. The third kappa shape index (κ3) is 3.81.